The van der Waals surface area contributed by atoms with Crippen LogP contribution in [0, 0.1) is 11.3 Å². The average molecular weight is 195 g/mol. The van der Waals surface area contributed by atoms with Gasteiger partial charge in [0.15, 0.2) is 0 Å². The molecule has 1 aliphatic rings. The first-order valence-electron chi connectivity index (χ1n) is 5.09. The first-order chi connectivity index (χ1) is 6.65. The Morgan fingerprint density at radius 1 is 1.64 bits per heavy atom. The van der Waals surface area contributed by atoms with Gasteiger partial charge in [0.2, 0.25) is 0 Å². The molecule has 1 saturated carbocycles. The third-order valence-electron chi connectivity index (χ3n) is 2.25. The van der Waals surface area contributed by atoms with Crippen LogP contribution >= 0.6 is 0 Å². The molecule has 0 aromatic carbocycles. The summed E-state index contributed by atoms with van der Waals surface area (Å²) in [5, 5.41) is 11.4. The van der Waals surface area contributed by atoms with E-state index in [-0.39, 0.29) is 12.1 Å². The predicted octanol–water partition coefficient (Wildman–Crippen LogP) is 1.48. The lowest BCUT2D eigenvalue weighted by atomic mass is 10.3. The lowest BCUT2D eigenvalue weighted by Gasteiger charge is -2.25. The Labute approximate surface area is 84.9 Å². The summed E-state index contributed by atoms with van der Waals surface area (Å²) >= 11 is 0. The van der Waals surface area contributed by atoms with Crippen LogP contribution in [-0.4, -0.2) is 29.6 Å². The number of hydrogen-bond donors (Lipinski definition) is 1. The van der Waals surface area contributed by atoms with Crippen molar-refractivity contribution in [2.45, 2.75) is 45.2 Å². The van der Waals surface area contributed by atoms with Gasteiger partial charge in [0.1, 0.15) is 0 Å². The number of nitriles is 1. The van der Waals surface area contributed by atoms with Crippen molar-refractivity contribution in [3.8, 4) is 6.07 Å². The molecule has 0 saturated heterocycles. The maximum atomic E-state index is 11.6. The Hall–Kier alpha value is -1.24. The van der Waals surface area contributed by atoms with Gasteiger partial charge in [-0.2, -0.15) is 5.26 Å². The summed E-state index contributed by atoms with van der Waals surface area (Å²) in [5.74, 6) is 0. The lowest BCUT2D eigenvalue weighted by molar-refractivity contribution is 0.184. The van der Waals surface area contributed by atoms with Crippen molar-refractivity contribution < 1.29 is 4.79 Å². The van der Waals surface area contributed by atoms with E-state index >= 15 is 0 Å². The Bertz CT molecular complexity index is 240. The summed E-state index contributed by atoms with van der Waals surface area (Å²) in [5.41, 5.74) is 0. The predicted molar refractivity (Wildman–Crippen MR) is 53.6 cm³/mol. The summed E-state index contributed by atoms with van der Waals surface area (Å²) in [7, 11) is 0. The molecule has 0 heterocycles. The third kappa shape index (κ3) is 3.25. The number of urea groups is 1. The Morgan fingerprint density at radius 2 is 2.29 bits per heavy atom. The molecular formula is C10H17N3O. The molecule has 0 spiro atoms. The summed E-state index contributed by atoms with van der Waals surface area (Å²) in [6.07, 6.45) is 2.59. The minimum atomic E-state index is -0.0299. The van der Waals surface area contributed by atoms with Gasteiger partial charge in [-0.05, 0) is 26.7 Å². The molecule has 1 N–H and O–H groups in total. The standard InChI is InChI=1S/C10H17N3O/c1-8(2)13(7-3-6-11)10(14)12-9-4-5-9/h8-9H,3-5,7H2,1-2H3,(H,12,14). The molecule has 4 nitrogen and oxygen atoms in total. The second kappa shape index (κ2) is 4.85. The normalized spacial score (nSPS) is 15.0. The Balaban J connectivity index is 2.39. The van der Waals surface area contributed by atoms with Gasteiger partial charge >= 0.3 is 6.03 Å². The van der Waals surface area contributed by atoms with E-state index in [1.807, 2.05) is 13.8 Å². The maximum absolute atomic E-state index is 11.6. The lowest BCUT2D eigenvalue weighted by Crippen LogP contribution is -2.45. The van der Waals surface area contributed by atoms with Gasteiger partial charge in [0.05, 0.1) is 12.5 Å². The number of nitrogens with one attached hydrogen (secondary N) is 1. The fourth-order valence-electron chi connectivity index (χ4n) is 1.25. The third-order valence-corrected chi connectivity index (χ3v) is 2.25. The number of rotatable bonds is 4. The zero-order chi connectivity index (χ0) is 10.6. The number of hydrogen-bond acceptors (Lipinski definition) is 2. The Kier molecular flexibility index (Phi) is 3.75. The van der Waals surface area contributed by atoms with Crippen molar-refractivity contribution in [2.24, 2.45) is 0 Å². The van der Waals surface area contributed by atoms with Gasteiger partial charge in [-0.25, -0.2) is 4.79 Å². The molecule has 14 heavy (non-hydrogen) atoms. The largest absolute Gasteiger partial charge is 0.335 e. The van der Waals surface area contributed by atoms with E-state index in [9.17, 15) is 4.79 Å². The van der Waals surface area contributed by atoms with E-state index in [0.717, 1.165) is 12.8 Å². The van der Waals surface area contributed by atoms with Gasteiger partial charge in [-0.15, -0.1) is 0 Å². The highest BCUT2D eigenvalue weighted by atomic mass is 16.2. The van der Waals surface area contributed by atoms with E-state index in [0.29, 0.717) is 19.0 Å². The highest BCUT2D eigenvalue weighted by molar-refractivity contribution is 5.75. The highest BCUT2D eigenvalue weighted by Gasteiger charge is 2.26. The minimum Gasteiger partial charge on any atom is -0.335 e. The van der Waals surface area contributed by atoms with Crippen LogP contribution in [0.2, 0.25) is 0 Å². The fraction of sp³-hybridized carbons (Fsp3) is 0.800. The fourth-order valence-corrected chi connectivity index (χ4v) is 1.25. The number of carbonyl (C=O) groups excluding carboxylic acids is 1. The smallest absolute Gasteiger partial charge is 0.317 e. The topological polar surface area (TPSA) is 56.1 Å². The van der Waals surface area contributed by atoms with E-state index < -0.39 is 0 Å². The van der Waals surface area contributed by atoms with Crippen molar-refractivity contribution >= 4 is 6.03 Å². The van der Waals surface area contributed by atoms with Crippen molar-refractivity contribution in [1.29, 1.82) is 5.26 Å². The molecule has 0 bridgehead atoms. The molecule has 0 radical (unpaired) electrons. The summed E-state index contributed by atoms with van der Waals surface area (Å²) in [6.45, 7) is 4.44. The van der Waals surface area contributed by atoms with Gasteiger partial charge in [-0.1, -0.05) is 0 Å². The number of carbonyl (C=O) groups is 1. The Morgan fingerprint density at radius 3 is 2.71 bits per heavy atom. The van der Waals surface area contributed by atoms with Crippen molar-refractivity contribution in [3.63, 3.8) is 0 Å². The number of nitrogens with zero attached hydrogens (tertiary/aromatic N) is 2. The van der Waals surface area contributed by atoms with E-state index in [1.165, 1.54) is 0 Å². The molecule has 0 aromatic rings. The summed E-state index contributed by atoms with van der Waals surface area (Å²) in [6, 6.07) is 2.56. The molecule has 4 heteroatoms. The van der Waals surface area contributed by atoms with Crippen molar-refractivity contribution in [2.75, 3.05) is 6.54 Å². The van der Waals surface area contributed by atoms with Gasteiger partial charge in [0, 0.05) is 18.6 Å². The second-order valence-electron chi connectivity index (χ2n) is 3.92. The van der Waals surface area contributed by atoms with Crippen molar-refractivity contribution in [3.05, 3.63) is 0 Å². The first-order valence-corrected chi connectivity index (χ1v) is 5.09. The van der Waals surface area contributed by atoms with Gasteiger partial charge in [0.25, 0.3) is 0 Å². The number of amides is 2. The van der Waals surface area contributed by atoms with E-state index in [2.05, 4.69) is 11.4 Å². The summed E-state index contributed by atoms with van der Waals surface area (Å²) < 4.78 is 0. The van der Waals surface area contributed by atoms with Gasteiger partial charge < -0.3 is 10.2 Å². The van der Waals surface area contributed by atoms with Crippen LogP contribution in [0.5, 0.6) is 0 Å². The average Bonchev–Trinajstić information content (AvgIpc) is 2.88. The molecule has 1 rings (SSSR count). The summed E-state index contributed by atoms with van der Waals surface area (Å²) in [4.78, 5) is 13.4. The molecule has 0 unspecified atom stereocenters. The molecule has 1 aliphatic carbocycles. The van der Waals surface area contributed by atoms with Crippen LogP contribution < -0.4 is 5.32 Å². The SMILES string of the molecule is CC(C)N(CCC#N)C(=O)NC1CC1. The zero-order valence-electron chi connectivity index (χ0n) is 8.79. The van der Waals surface area contributed by atoms with E-state index in [1.54, 1.807) is 4.90 Å². The molecule has 0 aromatic heterocycles. The quantitative estimate of drug-likeness (QED) is 0.738. The van der Waals surface area contributed by atoms with Gasteiger partial charge in [-0.3, -0.25) is 0 Å². The van der Waals surface area contributed by atoms with Crippen molar-refractivity contribution in [1.82, 2.24) is 10.2 Å². The second-order valence-corrected chi connectivity index (χ2v) is 3.92. The monoisotopic (exact) mass is 195 g/mol. The minimum absolute atomic E-state index is 0.0299. The molecule has 0 atom stereocenters. The van der Waals surface area contributed by atoms with Crippen LogP contribution in [0.1, 0.15) is 33.1 Å². The van der Waals surface area contributed by atoms with Crippen LogP contribution in [-0.2, 0) is 0 Å². The zero-order valence-corrected chi connectivity index (χ0v) is 8.79. The van der Waals surface area contributed by atoms with Crippen LogP contribution in [0.25, 0.3) is 0 Å². The molecule has 78 valence electrons. The molecular weight excluding hydrogens is 178 g/mol. The molecule has 0 aliphatic heterocycles. The highest BCUT2D eigenvalue weighted by Crippen LogP contribution is 2.19. The van der Waals surface area contributed by atoms with Crippen LogP contribution in [0.4, 0.5) is 4.79 Å². The van der Waals surface area contributed by atoms with E-state index in [4.69, 9.17) is 5.26 Å². The first kappa shape index (κ1) is 10.8. The molecule has 2 amide bonds. The van der Waals surface area contributed by atoms with Crippen LogP contribution in [0.15, 0.2) is 0 Å². The molecule has 1 fully saturated rings. The maximum Gasteiger partial charge on any atom is 0.317 e. The van der Waals surface area contributed by atoms with Crippen LogP contribution in [0.3, 0.4) is 0 Å².